The van der Waals surface area contributed by atoms with E-state index in [0.29, 0.717) is 21.1 Å². The Balaban J connectivity index is 1.85. The van der Waals surface area contributed by atoms with E-state index < -0.39 is 0 Å². The lowest BCUT2D eigenvalue weighted by molar-refractivity contribution is 0.414. The molecule has 4 aromatic rings. The van der Waals surface area contributed by atoms with Crippen LogP contribution in [0.4, 0.5) is 0 Å². The van der Waals surface area contributed by atoms with E-state index in [-0.39, 0.29) is 5.56 Å². The Morgan fingerprint density at radius 3 is 2.92 bits per heavy atom. The van der Waals surface area contributed by atoms with Crippen LogP contribution in [-0.4, -0.2) is 26.7 Å². The average molecular weight is 415 g/mol. The molecule has 3 heterocycles. The molecule has 0 amide bonds. The lowest BCUT2D eigenvalue weighted by Gasteiger charge is -2.04. The van der Waals surface area contributed by atoms with E-state index in [1.807, 2.05) is 24.3 Å². The fourth-order valence-electron chi connectivity index (χ4n) is 2.41. The maximum atomic E-state index is 12.6. The van der Waals surface area contributed by atoms with Gasteiger partial charge in [0.2, 0.25) is 4.96 Å². The molecule has 0 bridgehead atoms. The molecule has 0 aliphatic heterocycles. The highest BCUT2D eigenvalue weighted by atomic mass is 79.9. The molecule has 0 spiro atoms. The lowest BCUT2D eigenvalue weighted by Crippen LogP contribution is -2.23. The largest absolute Gasteiger partial charge is 0.496 e. The number of methoxy groups -OCH3 is 1. The van der Waals surface area contributed by atoms with Gasteiger partial charge in [0, 0.05) is 28.0 Å². The second kappa shape index (κ2) is 6.38. The lowest BCUT2D eigenvalue weighted by atomic mass is 10.2. The number of rotatable bonds is 3. The number of nitrogens with zero attached hydrogens (tertiary/aromatic N) is 4. The number of fused-ring (bicyclic) bond motifs is 1. The fourth-order valence-corrected chi connectivity index (χ4v) is 3.69. The van der Waals surface area contributed by atoms with Crippen LogP contribution in [0.5, 0.6) is 5.75 Å². The second-order valence-electron chi connectivity index (χ2n) is 5.17. The van der Waals surface area contributed by atoms with Crippen molar-refractivity contribution in [3.8, 4) is 17.1 Å². The van der Waals surface area contributed by atoms with Crippen LogP contribution in [0, 0.1) is 0 Å². The van der Waals surface area contributed by atoms with Crippen LogP contribution in [0.25, 0.3) is 22.4 Å². The molecule has 124 valence electrons. The van der Waals surface area contributed by atoms with Gasteiger partial charge in [-0.1, -0.05) is 27.3 Å². The summed E-state index contributed by atoms with van der Waals surface area (Å²) in [6.07, 6.45) is 5.14. The normalized spacial score (nSPS) is 12.0. The Kier molecular flexibility index (Phi) is 4.06. The minimum absolute atomic E-state index is 0.204. The van der Waals surface area contributed by atoms with E-state index in [1.54, 1.807) is 31.6 Å². The molecule has 0 saturated heterocycles. The first-order chi connectivity index (χ1) is 12.2. The topological polar surface area (TPSA) is 69.4 Å². The predicted octanol–water partition coefficient (Wildman–Crippen LogP) is 2.53. The average Bonchev–Trinajstić information content (AvgIpc) is 3.16. The number of thiazole rings is 1. The third-order valence-corrected chi connectivity index (χ3v) is 5.03. The van der Waals surface area contributed by atoms with Gasteiger partial charge in [-0.3, -0.25) is 9.78 Å². The molecule has 0 atom stereocenters. The zero-order valence-corrected chi connectivity index (χ0v) is 15.4. The summed E-state index contributed by atoms with van der Waals surface area (Å²) in [6.45, 7) is 0. The summed E-state index contributed by atoms with van der Waals surface area (Å²) in [5, 5.41) is 4.31. The first kappa shape index (κ1) is 15.9. The van der Waals surface area contributed by atoms with E-state index >= 15 is 0 Å². The number of halogens is 1. The van der Waals surface area contributed by atoms with Gasteiger partial charge >= 0.3 is 0 Å². The van der Waals surface area contributed by atoms with E-state index in [1.165, 1.54) is 15.9 Å². The third-order valence-electron chi connectivity index (χ3n) is 3.58. The van der Waals surface area contributed by atoms with E-state index in [0.717, 1.165) is 15.6 Å². The maximum absolute atomic E-state index is 12.6. The van der Waals surface area contributed by atoms with Gasteiger partial charge in [0.05, 0.1) is 11.6 Å². The van der Waals surface area contributed by atoms with Crippen LogP contribution < -0.4 is 14.8 Å². The van der Waals surface area contributed by atoms with Crippen molar-refractivity contribution in [1.82, 2.24) is 19.6 Å². The summed E-state index contributed by atoms with van der Waals surface area (Å²) in [6, 6.07) is 9.29. The van der Waals surface area contributed by atoms with E-state index in [2.05, 4.69) is 31.0 Å². The maximum Gasteiger partial charge on any atom is 0.291 e. The summed E-state index contributed by atoms with van der Waals surface area (Å²) >= 11 is 4.72. The molecule has 0 aliphatic rings. The summed E-state index contributed by atoms with van der Waals surface area (Å²) < 4.78 is 8.13. The molecule has 0 radical (unpaired) electrons. The van der Waals surface area contributed by atoms with Gasteiger partial charge in [-0.2, -0.15) is 9.50 Å². The molecule has 0 aliphatic carbocycles. The molecule has 4 rings (SSSR count). The number of ether oxygens (including phenoxy) is 1. The molecule has 0 N–H and O–H groups in total. The van der Waals surface area contributed by atoms with Crippen LogP contribution in [-0.2, 0) is 0 Å². The van der Waals surface area contributed by atoms with Gasteiger partial charge < -0.3 is 4.74 Å². The minimum atomic E-state index is -0.204. The highest BCUT2D eigenvalue weighted by Crippen LogP contribution is 2.23. The first-order valence-electron chi connectivity index (χ1n) is 7.31. The molecule has 0 unspecified atom stereocenters. The Hall–Kier alpha value is -2.58. The summed E-state index contributed by atoms with van der Waals surface area (Å²) in [4.78, 5) is 21.7. The van der Waals surface area contributed by atoms with Crippen molar-refractivity contribution >= 4 is 38.3 Å². The van der Waals surface area contributed by atoms with Crippen molar-refractivity contribution in [1.29, 1.82) is 0 Å². The number of pyridine rings is 1. The van der Waals surface area contributed by atoms with Gasteiger partial charge in [0.25, 0.3) is 5.56 Å². The summed E-state index contributed by atoms with van der Waals surface area (Å²) in [5.41, 5.74) is 1.38. The standard InChI is InChI=1S/C17H11BrN4O2S/c1-24-13-5-4-12(18)7-11(13)8-14-16(23)22-17(25-14)20-15(21-22)10-3-2-6-19-9-10/h2-9H,1H3/b14-8+. The fraction of sp³-hybridized carbons (Fsp3) is 0.0588. The number of hydrogen-bond acceptors (Lipinski definition) is 6. The molecule has 8 heteroatoms. The first-order valence-corrected chi connectivity index (χ1v) is 8.92. The molecule has 3 aromatic heterocycles. The van der Waals surface area contributed by atoms with Crippen molar-refractivity contribution in [3.63, 3.8) is 0 Å². The van der Waals surface area contributed by atoms with Gasteiger partial charge in [-0.05, 0) is 36.4 Å². The summed E-state index contributed by atoms with van der Waals surface area (Å²) in [7, 11) is 1.60. The van der Waals surface area contributed by atoms with Gasteiger partial charge in [0.1, 0.15) is 5.75 Å². The Bertz CT molecular complexity index is 1170. The van der Waals surface area contributed by atoms with Gasteiger partial charge in [-0.15, -0.1) is 5.10 Å². The quantitative estimate of drug-likeness (QED) is 0.515. The summed E-state index contributed by atoms with van der Waals surface area (Å²) in [5.74, 6) is 1.18. The number of aromatic nitrogens is 4. The third kappa shape index (κ3) is 2.94. The molecule has 25 heavy (non-hydrogen) atoms. The molecular formula is C17H11BrN4O2S. The molecule has 6 nitrogen and oxygen atoms in total. The molecule has 0 saturated carbocycles. The highest BCUT2D eigenvalue weighted by Gasteiger charge is 2.12. The van der Waals surface area contributed by atoms with E-state index in [4.69, 9.17) is 4.74 Å². The van der Waals surface area contributed by atoms with Crippen LogP contribution in [0.2, 0.25) is 0 Å². The highest BCUT2D eigenvalue weighted by molar-refractivity contribution is 9.10. The monoisotopic (exact) mass is 414 g/mol. The minimum Gasteiger partial charge on any atom is -0.496 e. The van der Waals surface area contributed by atoms with Crippen molar-refractivity contribution in [3.05, 3.63) is 67.6 Å². The Labute approximate surface area is 154 Å². The van der Waals surface area contributed by atoms with Crippen LogP contribution in [0.3, 0.4) is 0 Å². The SMILES string of the molecule is COc1ccc(Br)cc1/C=c1/sc2nc(-c3cccnc3)nn2c1=O. The van der Waals surface area contributed by atoms with Crippen molar-refractivity contribution < 1.29 is 4.74 Å². The number of benzene rings is 1. The van der Waals surface area contributed by atoms with Crippen molar-refractivity contribution in [2.75, 3.05) is 7.11 Å². The van der Waals surface area contributed by atoms with Crippen molar-refractivity contribution in [2.24, 2.45) is 0 Å². The van der Waals surface area contributed by atoms with Crippen molar-refractivity contribution in [2.45, 2.75) is 0 Å². The smallest absolute Gasteiger partial charge is 0.291 e. The zero-order valence-electron chi connectivity index (χ0n) is 13.0. The van der Waals surface area contributed by atoms with E-state index in [9.17, 15) is 4.79 Å². The van der Waals surface area contributed by atoms with Gasteiger partial charge in [0.15, 0.2) is 5.82 Å². The van der Waals surface area contributed by atoms with Crippen LogP contribution in [0.1, 0.15) is 5.56 Å². The zero-order chi connectivity index (χ0) is 17.4. The molecule has 0 fully saturated rings. The second-order valence-corrected chi connectivity index (χ2v) is 7.10. The van der Waals surface area contributed by atoms with Crippen LogP contribution >= 0.6 is 27.3 Å². The van der Waals surface area contributed by atoms with Gasteiger partial charge in [-0.25, -0.2) is 0 Å². The predicted molar refractivity (Wildman–Crippen MR) is 99.8 cm³/mol. The Morgan fingerprint density at radius 1 is 1.32 bits per heavy atom. The van der Waals surface area contributed by atoms with Crippen LogP contribution in [0.15, 0.2) is 52.0 Å². The molecule has 1 aromatic carbocycles. The molecular weight excluding hydrogens is 404 g/mol. The Morgan fingerprint density at radius 2 is 2.20 bits per heavy atom. The number of hydrogen-bond donors (Lipinski definition) is 0.